The molecule has 0 saturated heterocycles. The molecule has 0 radical (unpaired) electrons. The van der Waals surface area contributed by atoms with Crippen LogP contribution in [0, 0.1) is 12.7 Å². The molecule has 0 fully saturated rings. The lowest BCUT2D eigenvalue weighted by molar-refractivity contribution is 0.0600. The van der Waals surface area contributed by atoms with Crippen LogP contribution in [-0.4, -0.2) is 13.1 Å². The topological polar surface area (TPSA) is 35.5 Å². The molecule has 2 aliphatic heterocycles. The van der Waals surface area contributed by atoms with Crippen molar-refractivity contribution in [1.29, 1.82) is 0 Å². The number of carbonyl (C=O) groups is 1. The third-order valence-corrected chi connectivity index (χ3v) is 5.49. The molecule has 2 unspecified atom stereocenters. The van der Waals surface area contributed by atoms with Gasteiger partial charge in [-0.2, -0.15) is 0 Å². The van der Waals surface area contributed by atoms with Crippen LogP contribution in [0.1, 0.15) is 50.4 Å². The number of esters is 1. The van der Waals surface area contributed by atoms with Crippen molar-refractivity contribution in [2.24, 2.45) is 0 Å². The number of ether oxygens (including phenoxy) is 2. The van der Waals surface area contributed by atoms with Crippen LogP contribution in [-0.2, 0) is 9.47 Å². The van der Waals surface area contributed by atoms with Gasteiger partial charge in [0.1, 0.15) is 18.0 Å². The molecular weight excluding hydrogens is 343 g/mol. The van der Waals surface area contributed by atoms with E-state index in [2.05, 4.69) is 19.1 Å². The van der Waals surface area contributed by atoms with E-state index < -0.39 is 0 Å². The molecule has 0 aliphatic carbocycles. The van der Waals surface area contributed by atoms with Crippen LogP contribution >= 0.6 is 0 Å². The minimum absolute atomic E-state index is 0.103. The summed E-state index contributed by atoms with van der Waals surface area (Å²) in [6.07, 6.45) is -0.294. The standard InChI is InChI=1S/C23H17FO3/c1-12-9-15(13-3-6-16(24)7-4-13)11-19-20(12)22-17-8-5-14(23(25)26-2)10-18(17)21(19)27-22/h3-11,21-22H,1-2H3. The highest BCUT2D eigenvalue weighted by molar-refractivity contribution is 5.90. The van der Waals surface area contributed by atoms with Gasteiger partial charge in [0.2, 0.25) is 0 Å². The maximum Gasteiger partial charge on any atom is 0.337 e. The second-order valence-corrected chi connectivity index (χ2v) is 7.03. The number of hydrogen-bond donors (Lipinski definition) is 0. The van der Waals surface area contributed by atoms with Gasteiger partial charge in [0.25, 0.3) is 0 Å². The smallest absolute Gasteiger partial charge is 0.337 e. The van der Waals surface area contributed by atoms with E-state index in [1.54, 1.807) is 18.2 Å². The van der Waals surface area contributed by atoms with Gasteiger partial charge in [0, 0.05) is 0 Å². The van der Waals surface area contributed by atoms with E-state index in [1.165, 1.54) is 24.8 Å². The fourth-order valence-electron chi connectivity index (χ4n) is 4.24. The predicted molar refractivity (Wildman–Crippen MR) is 99.1 cm³/mol. The zero-order chi connectivity index (χ0) is 18.7. The summed E-state index contributed by atoms with van der Waals surface area (Å²) in [6, 6.07) is 16.4. The Kier molecular flexibility index (Phi) is 3.46. The molecule has 2 heterocycles. The summed E-state index contributed by atoms with van der Waals surface area (Å²) >= 11 is 0. The lowest BCUT2D eigenvalue weighted by atomic mass is 9.81. The van der Waals surface area contributed by atoms with E-state index in [9.17, 15) is 9.18 Å². The Morgan fingerprint density at radius 3 is 2.44 bits per heavy atom. The average Bonchev–Trinajstić information content (AvgIpc) is 3.24. The Morgan fingerprint density at radius 1 is 0.926 bits per heavy atom. The van der Waals surface area contributed by atoms with E-state index in [4.69, 9.17) is 9.47 Å². The highest BCUT2D eigenvalue weighted by atomic mass is 19.1. The molecule has 3 nitrogen and oxygen atoms in total. The SMILES string of the molecule is COC(=O)c1ccc2c(c1)C1OC2c2c(C)cc(-c3ccc(F)cc3)cc21. The van der Waals surface area contributed by atoms with Gasteiger partial charge in [-0.3, -0.25) is 0 Å². The summed E-state index contributed by atoms with van der Waals surface area (Å²) < 4.78 is 24.4. The van der Waals surface area contributed by atoms with Gasteiger partial charge in [0.15, 0.2) is 0 Å². The average molecular weight is 360 g/mol. The fourth-order valence-corrected chi connectivity index (χ4v) is 4.24. The number of rotatable bonds is 2. The first-order valence-corrected chi connectivity index (χ1v) is 8.85. The summed E-state index contributed by atoms with van der Waals surface area (Å²) in [6.45, 7) is 2.08. The molecule has 0 N–H and O–H groups in total. The van der Waals surface area contributed by atoms with Gasteiger partial charge < -0.3 is 9.47 Å². The highest BCUT2D eigenvalue weighted by Gasteiger charge is 2.44. The van der Waals surface area contributed by atoms with Crippen LogP contribution in [0.5, 0.6) is 0 Å². The first-order chi connectivity index (χ1) is 13.1. The zero-order valence-electron chi connectivity index (χ0n) is 15.0. The van der Waals surface area contributed by atoms with Crippen LogP contribution in [0.15, 0.2) is 54.6 Å². The van der Waals surface area contributed by atoms with Gasteiger partial charge >= 0.3 is 5.97 Å². The second-order valence-electron chi connectivity index (χ2n) is 7.03. The number of fused-ring (bicyclic) bond motifs is 8. The minimum atomic E-state index is -0.350. The maximum absolute atomic E-state index is 13.3. The van der Waals surface area contributed by atoms with E-state index >= 15 is 0 Å². The second kappa shape index (κ2) is 5.76. The van der Waals surface area contributed by atoms with Crippen molar-refractivity contribution in [3.05, 3.63) is 93.8 Å². The molecule has 2 atom stereocenters. The van der Waals surface area contributed by atoms with Crippen LogP contribution in [0.4, 0.5) is 4.39 Å². The summed E-state index contributed by atoms with van der Waals surface area (Å²) in [7, 11) is 1.38. The predicted octanol–water partition coefficient (Wildman–Crippen LogP) is 5.11. The quantitative estimate of drug-likeness (QED) is 0.596. The molecule has 4 heteroatoms. The lowest BCUT2D eigenvalue weighted by Crippen LogP contribution is -2.08. The van der Waals surface area contributed by atoms with E-state index in [0.29, 0.717) is 5.56 Å². The van der Waals surface area contributed by atoms with Crippen molar-refractivity contribution >= 4 is 5.97 Å². The largest absolute Gasteiger partial charge is 0.465 e. The molecular formula is C23H17FO3. The highest BCUT2D eigenvalue weighted by Crippen LogP contribution is 2.55. The summed E-state index contributed by atoms with van der Waals surface area (Å²) in [5, 5.41) is 0. The van der Waals surface area contributed by atoms with Crippen LogP contribution in [0.3, 0.4) is 0 Å². The molecule has 0 spiro atoms. The lowest BCUT2D eigenvalue weighted by Gasteiger charge is -2.19. The van der Waals surface area contributed by atoms with Crippen molar-refractivity contribution in [3.63, 3.8) is 0 Å². The van der Waals surface area contributed by atoms with Crippen LogP contribution in [0.2, 0.25) is 0 Å². The molecule has 2 bridgehead atoms. The van der Waals surface area contributed by atoms with Crippen molar-refractivity contribution in [1.82, 2.24) is 0 Å². The van der Waals surface area contributed by atoms with Crippen molar-refractivity contribution in [2.75, 3.05) is 7.11 Å². The van der Waals surface area contributed by atoms with E-state index in [1.807, 2.05) is 12.1 Å². The van der Waals surface area contributed by atoms with Gasteiger partial charge in [-0.15, -0.1) is 0 Å². The number of hydrogen-bond acceptors (Lipinski definition) is 3. The third kappa shape index (κ3) is 2.33. The molecule has 3 aromatic carbocycles. The molecule has 134 valence electrons. The molecule has 5 rings (SSSR count). The minimum Gasteiger partial charge on any atom is -0.465 e. The number of methoxy groups -OCH3 is 1. The summed E-state index contributed by atoms with van der Waals surface area (Å²) in [5.74, 6) is -0.597. The molecule has 0 aromatic heterocycles. The number of aryl methyl sites for hydroxylation is 1. The van der Waals surface area contributed by atoms with Crippen molar-refractivity contribution in [3.8, 4) is 11.1 Å². The third-order valence-electron chi connectivity index (χ3n) is 5.49. The molecule has 0 saturated carbocycles. The molecule has 27 heavy (non-hydrogen) atoms. The molecule has 3 aromatic rings. The van der Waals surface area contributed by atoms with Gasteiger partial charge in [-0.25, -0.2) is 9.18 Å². The van der Waals surface area contributed by atoms with Crippen LogP contribution < -0.4 is 0 Å². The number of halogens is 1. The number of benzene rings is 3. The maximum atomic E-state index is 13.3. The number of carbonyl (C=O) groups excluding carboxylic acids is 1. The normalized spacial score (nSPS) is 18.9. The van der Waals surface area contributed by atoms with Crippen molar-refractivity contribution in [2.45, 2.75) is 19.1 Å². The van der Waals surface area contributed by atoms with Crippen molar-refractivity contribution < 1.29 is 18.7 Å². The Labute approximate surface area is 156 Å². The molecule has 2 aliphatic rings. The zero-order valence-corrected chi connectivity index (χ0v) is 15.0. The Balaban J connectivity index is 1.62. The Hall–Kier alpha value is -2.98. The first kappa shape index (κ1) is 16.2. The van der Waals surface area contributed by atoms with Gasteiger partial charge in [0.05, 0.1) is 12.7 Å². The van der Waals surface area contributed by atoms with Gasteiger partial charge in [-0.1, -0.05) is 24.3 Å². The molecule has 0 amide bonds. The monoisotopic (exact) mass is 360 g/mol. The van der Waals surface area contributed by atoms with E-state index in [-0.39, 0.29) is 24.0 Å². The van der Waals surface area contributed by atoms with Gasteiger partial charge in [-0.05, 0) is 76.2 Å². The summed E-state index contributed by atoms with van der Waals surface area (Å²) in [4.78, 5) is 11.9. The Morgan fingerprint density at radius 2 is 1.70 bits per heavy atom. The first-order valence-electron chi connectivity index (χ1n) is 8.85. The van der Waals surface area contributed by atoms with Crippen LogP contribution in [0.25, 0.3) is 11.1 Å². The summed E-state index contributed by atoms with van der Waals surface area (Å²) in [5.41, 5.74) is 8.13. The fraction of sp³-hybridized carbons (Fsp3) is 0.174. The Bertz CT molecular complexity index is 1090. The van der Waals surface area contributed by atoms with E-state index in [0.717, 1.165) is 33.4 Å².